The highest BCUT2D eigenvalue weighted by atomic mass is 16.2. The molecule has 1 aromatic heterocycles. The molecule has 1 amide bonds. The minimum absolute atomic E-state index is 0.0833. The van der Waals surface area contributed by atoms with Gasteiger partial charge in [0.1, 0.15) is 5.69 Å². The fraction of sp³-hybridized carbons (Fsp3) is 0.438. The van der Waals surface area contributed by atoms with Gasteiger partial charge in [0.25, 0.3) is 5.91 Å². The predicted molar refractivity (Wildman–Crippen MR) is 81.6 cm³/mol. The molecule has 1 aliphatic rings. The maximum Gasteiger partial charge on any atom is 0.270 e. The van der Waals surface area contributed by atoms with Crippen molar-refractivity contribution in [2.75, 3.05) is 12.3 Å². The highest BCUT2D eigenvalue weighted by molar-refractivity contribution is 6.01. The van der Waals surface area contributed by atoms with Crippen molar-refractivity contribution in [2.45, 2.75) is 32.7 Å². The summed E-state index contributed by atoms with van der Waals surface area (Å²) in [6.45, 7) is 5.22. The molecular weight excluding hydrogens is 250 g/mol. The number of piperidine rings is 1. The minimum Gasteiger partial charge on any atom is -0.397 e. The number of carbonyl (C=O) groups is 1. The number of nitrogen functional groups attached to an aromatic ring is 1. The molecule has 2 atom stereocenters. The molecule has 2 unspecified atom stereocenters. The number of benzene rings is 1. The molecule has 2 aromatic rings. The molecule has 4 heteroatoms. The van der Waals surface area contributed by atoms with Gasteiger partial charge in [-0.05, 0) is 37.8 Å². The van der Waals surface area contributed by atoms with E-state index in [2.05, 4.69) is 18.8 Å². The topological polar surface area (TPSA) is 62.1 Å². The number of hydrogen-bond donors (Lipinski definition) is 2. The van der Waals surface area contributed by atoms with E-state index in [-0.39, 0.29) is 5.91 Å². The van der Waals surface area contributed by atoms with Crippen LogP contribution in [0.3, 0.4) is 0 Å². The molecule has 20 heavy (non-hydrogen) atoms. The summed E-state index contributed by atoms with van der Waals surface area (Å²) in [5, 5.41) is 0.992. The lowest BCUT2D eigenvalue weighted by atomic mass is 9.93. The van der Waals surface area contributed by atoms with E-state index < -0.39 is 0 Å². The third-order valence-electron chi connectivity index (χ3n) is 4.32. The number of nitrogens with one attached hydrogen (secondary N) is 1. The number of nitrogens with two attached hydrogens (primary N) is 1. The largest absolute Gasteiger partial charge is 0.397 e. The third kappa shape index (κ3) is 2.15. The lowest BCUT2D eigenvalue weighted by molar-refractivity contribution is 0.0583. The highest BCUT2D eigenvalue weighted by Gasteiger charge is 2.28. The van der Waals surface area contributed by atoms with Crippen molar-refractivity contribution in [3.63, 3.8) is 0 Å². The number of aromatic nitrogens is 1. The Morgan fingerprint density at radius 3 is 2.90 bits per heavy atom. The van der Waals surface area contributed by atoms with Gasteiger partial charge in [0.15, 0.2) is 0 Å². The van der Waals surface area contributed by atoms with Gasteiger partial charge in [-0.15, -0.1) is 0 Å². The summed E-state index contributed by atoms with van der Waals surface area (Å²) in [6, 6.07) is 7.93. The normalized spacial score (nSPS) is 23.2. The van der Waals surface area contributed by atoms with Crippen LogP contribution in [-0.4, -0.2) is 28.4 Å². The number of likely N-dealkylation sites (tertiary alicyclic amines) is 1. The Morgan fingerprint density at radius 1 is 1.40 bits per heavy atom. The van der Waals surface area contributed by atoms with Crippen LogP contribution in [0.1, 0.15) is 37.2 Å². The van der Waals surface area contributed by atoms with Crippen molar-refractivity contribution < 1.29 is 4.79 Å². The second kappa shape index (κ2) is 4.85. The van der Waals surface area contributed by atoms with Gasteiger partial charge in [0.2, 0.25) is 0 Å². The molecule has 1 fully saturated rings. The van der Waals surface area contributed by atoms with Crippen molar-refractivity contribution in [3.05, 3.63) is 30.0 Å². The zero-order valence-corrected chi connectivity index (χ0v) is 12.0. The van der Waals surface area contributed by atoms with Crippen LogP contribution in [0, 0.1) is 5.92 Å². The average molecular weight is 271 g/mol. The van der Waals surface area contributed by atoms with Crippen molar-refractivity contribution in [1.29, 1.82) is 0 Å². The van der Waals surface area contributed by atoms with Crippen LogP contribution in [0.15, 0.2) is 24.3 Å². The lowest BCUT2D eigenvalue weighted by Crippen LogP contribution is -2.44. The van der Waals surface area contributed by atoms with E-state index in [0.717, 1.165) is 30.3 Å². The first-order valence-corrected chi connectivity index (χ1v) is 7.24. The summed E-state index contributed by atoms with van der Waals surface area (Å²) in [7, 11) is 0. The second-order valence-corrected chi connectivity index (χ2v) is 5.97. The van der Waals surface area contributed by atoms with Crippen LogP contribution in [0.5, 0.6) is 0 Å². The molecule has 0 aliphatic carbocycles. The summed E-state index contributed by atoms with van der Waals surface area (Å²) in [5.74, 6) is 0.785. The zero-order valence-electron chi connectivity index (χ0n) is 12.0. The Morgan fingerprint density at radius 2 is 2.20 bits per heavy atom. The summed E-state index contributed by atoms with van der Waals surface area (Å²) >= 11 is 0. The van der Waals surface area contributed by atoms with E-state index in [0.29, 0.717) is 23.3 Å². The van der Waals surface area contributed by atoms with Crippen molar-refractivity contribution in [2.24, 2.45) is 5.92 Å². The quantitative estimate of drug-likeness (QED) is 0.783. The fourth-order valence-electron chi connectivity index (χ4n) is 3.16. The predicted octanol–water partition coefficient (Wildman–Crippen LogP) is 3.01. The molecule has 1 aromatic carbocycles. The molecule has 0 saturated carbocycles. The van der Waals surface area contributed by atoms with Gasteiger partial charge < -0.3 is 15.6 Å². The van der Waals surface area contributed by atoms with Crippen LogP contribution in [0.2, 0.25) is 0 Å². The standard InChI is InChI=1S/C16H21N3O/c1-10-6-7-19(11(2)8-10)16(20)14-9-12-4-3-5-13(17)15(12)18-14/h3-5,9-11,18H,6-8,17H2,1-2H3. The molecule has 1 aliphatic heterocycles. The SMILES string of the molecule is CC1CCN(C(=O)c2cc3cccc(N)c3[nH]2)C(C)C1. The molecule has 106 valence electrons. The number of para-hydroxylation sites is 1. The summed E-state index contributed by atoms with van der Waals surface area (Å²) in [4.78, 5) is 17.8. The van der Waals surface area contributed by atoms with E-state index in [4.69, 9.17) is 5.73 Å². The number of fused-ring (bicyclic) bond motifs is 1. The number of H-pyrrole nitrogens is 1. The van der Waals surface area contributed by atoms with Crippen molar-refractivity contribution >= 4 is 22.5 Å². The van der Waals surface area contributed by atoms with Crippen LogP contribution in [-0.2, 0) is 0 Å². The van der Waals surface area contributed by atoms with Crippen LogP contribution in [0.4, 0.5) is 5.69 Å². The van der Waals surface area contributed by atoms with E-state index in [1.54, 1.807) is 0 Å². The first-order valence-electron chi connectivity index (χ1n) is 7.24. The van der Waals surface area contributed by atoms with Gasteiger partial charge in [-0.2, -0.15) is 0 Å². The molecule has 4 nitrogen and oxygen atoms in total. The Kier molecular flexibility index (Phi) is 3.16. The summed E-state index contributed by atoms with van der Waals surface area (Å²) in [5.41, 5.74) is 8.11. The number of nitrogens with zero attached hydrogens (tertiary/aromatic N) is 1. The molecular formula is C16H21N3O. The first kappa shape index (κ1) is 13.0. The number of rotatable bonds is 1. The average Bonchev–Trinajstić information content (AvgIpc) is 2.83. The molecule has 1 saturated heterocycles. The van der Waals surface area contributed by atoms with Crippen LogP contribution in [0.25, 0.3) is 10.9 Å². The first-order chi connectivity index (χ1) is 9.56. The van der Waals surface area contributed by atoms with Crippen LogP contribution >= 0.6 is 0 Å². The Balaban J connectivity index is 1.91. The number of aromatic amines is 1. The highest BCUT2D eigenvalue weighted by Crippen LogP contribution is 2.26. The minimum atomic E-state index is 0.0833. The van der Waals surface area contributed by atoms with E-state index in [1.165, 1.54) is 0 Å². The maximum atomic E-state index is 12.7. The molecule has 0 spiro atoms. The van der Waals surface area contributed by atoms with Crippen LogP contribution < -0.4 is 5.73 Å². The van der Waals surface area contributed by atoms with Gasteiger partial charge >= 0.3 is 0 Å². The monoisotopic (exact) mass is 271 g/mol. The van der Waals surface area contributed by atoms with E-state index >= 15 is 0 Å². The van der Waals surface area contributed by atoms with Crippen molar-refractivity contribution in [3.8, 4) is 0 Å². The summed E-state index contributed by atoms with van der Waals surface area (Å²) in [6.07, 6.45) is 2.16. The Bertz CT molecular complexity index is 646. The molecule has 2 heterocycles. The Hall–Kier alpha value is -1.97. The maximum absolute atomic E-state index is 12.7. The van der Waals surface area contributed by atoms with Gasteiger partial charge in [0.05, 0.1) is 11.2 Å². The number of amides is 1. The third-order valence-corrected chi connectivity index (χ3v) is 4.32. The number of carbonyl (C=O) groups excluding carboxylic acids is 1. The summed E-state index contributed by atoms with van der Waals surface area (Å²) < 4.78 is 0. The number of hydrogen-bond acceptors (Lipinski definition) is 2. The molecule has 0 radical (unpaired) electrons. The van der Waals surface area contributed by atoms with Gasteiger partial charge in [-0.25, -0.2) is 0 Å². The molecule has 3 rings (SSSR count). The van der Waals surface area contributed by atoms with E-state index in [1.807, 2.05) is 29.2 Å². The van der Waals surface area contributed by atoms with E-state index in [9.17, 15) is 4.79 Å². The van der Waals surface area contributed by atoms with Crippen molar-refractivity contribution in [1.82, 2.24) is 9.88 Å². The second-order valence-electron chi connectivity index (χ2n) is 5.97. The lowest BCUT2D eigenvalue weighted by Gasteiger charge is -2.36. The molecule has 0 bridgehead atoms. The zero-order chi connectivity index (χ0) is 14.3. The Labute approximate surface area is 118 Å². The van der Waals surface area contributed by atoms with Gasteiger partial charge in [-0.1, -0.05) is 19.1 Å². The smallest absolute Gasteiger partial charge is 0.270 e. The molecule has 3 N–H and O–H groups in total. The van der Waals surface area contributed by atoms with Gasteiger partial charge in [-0.3, -0.25) is 4.79 Å². The fourth-order valence-corrected chi connectivity index (χ4v) is 3.16. The van der Waals surface area contributed by atoms with Gasteiger partial charge in [0, 0.05) is 18.0 Å². The number of anilines is 1.